The molecule has 0 aromatic carbocycles. The summed E-state index contributed by atoms with van der Waals surface area (Å²) in [5, 5.41) is 8.95. The molecule has 0 unspecified atom stereocenters. The molecule has 1 aliphatic heterocycles. The minimum Gasteiger partial charge on any atom is -0.478 e. The van der Waals surface area contributed by atoms with Crippen LogP contribution in [0.1, 0.15) is 23.2 Å². The predicted molar refractivity (Wildman–Crippen MR) is 76.5 cm³/mol. The van der Waals surface area contributed by atoms with Crippen LogP contribution in [0.3, 0.4) is 0 Å². The number of carboxylic acids is 1. The molecule has 2 aliphatic rings. The fourth-order valence-electron chi connectivity index (χ4n) is 2.97. The number of allylic oxidation sites excluding steroid dienone is 2. The van der Waals surface area contributed by atoms with Gasteiger partial charge in [0.05, 0.1) is 10.0 Å². The molecule has 0 amide bonds. The number of hydrogen-bond acceptors (Lipinski definition) is 3. The number of carboxylic acid groups (broad SMARTS) is 1. The van der Waals surface area contributed by atoms with Gasteiger partial charge in [0.15, 0.2) is 0 Å². The topological polar surface area (TPSA) is 53.4 Å². The van der Waals surface area contributed by atoms with Crippen molar-refractivity contribution in [2.45, 2.75) is 12.8 Å². The molecule has 100 valence electrons. The molecule has 1 aromatic heterocycles. The van der Waals surface area contributed by atoms with Crippen molar-refractivity contribution in [2.75, 3.05) is 18.0 Å². The van der Waals surface area contributed by atoms with Gasteiger partial charge in [0, 0.05) is 19.3 Å². The normalized spacial score (nSPS) is 25.4. The first-order valence-electron chi connectivity index (χ1n) is 6.44. The fraction of sp³-hybridized carbons (Fsp3) is 0.429. The van der Waals surface area contributed by atoms with Crippen LogP contribution in [0.15, 0.2) is 28.9 Å². The molecule has 0 bridgehead atoms. The zero-order chi connectivity index (χ0) is 13.4. The second-order valence-corrected chi connectivity index (χ2v) is 6.06. The van der Waals surface area contributed by atoms with Crippen LogP contribution in [0.5, 0.6) is 0 Å². The monoisotopic (exact) mass is 322 g/mol. The van der Waals surface area contributed by atoms with Gasteiger partial charge in [-0.3, -0.25) is 0 Å². The number of rotatable bonds is 2. The Labute approximate surface area is 120 Å². The third-order valence-electron chi connectivity index (χ3n) is 3.99. The molecule has 5 heteroatoms. The summed E-state index contributed by atoms with van der Waals surface area (Å²) in [6, 6.07) is 1.63. The molecule has 4 nitrogen and oxygen atoms in total. The molecule has 0 saturated carbocycles. The maximum atomic E-state index is 10.9. The van der Waals surface area contributed by atoms with Gasteiger partial charge in [-0.2, -0.15) is 0 Å². The van der Waals surface area contributed by atoms with Gasteiger partial charge in [-0.25, -0.2) is 9.78 Å². The van der Waals surface area contributed by atoms with E-state index < -0.39 is 5.97 Å². The van der Waals surface area contributed by atoms with Crippen molar-refractivity contribution < 1.29 is 9.90 Å². The summed E-state index contributed by atoms with van der Waals surface area (Å²) < 4.78 is 0.763. The van der Waals surface area contributed by atoms with Gasteiger partial charge in [-0.15, -0.1) is 0 Å². The quantitative estimate of drug-likeness (QED) is 0.850. The minimum absolute atomic E-state index is 0.217. The SMILES string of the molecule is O=C(O)c1cnc(N2C[C@H]3CC=CC[C@H]3C2)c(Br)c1. The molecular formula is C14H15BrN2O2. The smallest absolute Gasteiger partial charge is 0.337 e. The zero-order valence-electron chi connectivity index (χ0n) is 10.4. The van der Waals surface area contributed by atoms with Gasteiger partial charge in [0.25, 0.3) is 0 Å². The van der Waals surface area contributed by atoms with E-state index in [1.807, 2.05) is 0 Å². The highest BCUT2D eigenvalue weighted by atomic mass is 79.9. The van der Waals surface area contributed by atoms with E-state index in [0.29, 0.717) is 11.8 Å². The van der Waals surface area contributed by atoms with Crippen molar-refractivity contribution in [1.29, 1.82) is 0 Å². The number of fused-ring (bicyclic) bond motifs is 1. The van der Waals surface area contributed by atoms with Crippen molar-refractivity contribution in [3.63, 3.8) is 0 Å². The molecule has 3 rings (SSSR count). The Hall–Kier alpha value is -1.36. The molecule has 1 aromatic rings. The average molecular weight is 323 g/mol. The Bertz CT molecular complexity index is 528. The molecule has 1 fully saturated rings. The van der Waals surface area contributed by atoms with Crippen molar-refractivity contribution in [2.24, 2.45) is 11.8 Å². The third kappa shape index (κ3) is 2.39. The summed E-state index contributed by atoms with van der Waals surface area (Å²) >= 11 is 3.44. The van der Waals surface area contributed by atoms with Crippen LogP contribution in [-0.2, 0) is 0 Å². The summed E-state index contributed by atoms with van der Waals surface area (Å²) in [6.45, 7) is 2.01. The van der Waals surface area contributed by atoms with Crippen molar-refractivity contribution >= 4 is 27.7 Å². The molecule has 1 saturated heterocycles. The molecule has 2 heterocycles. The Morgan fingerprint density at radius 2 is 1.95 bits per heavy atom. The molecule has 0 spiro atoms. The fourth-order valence-corrected chi connectivity index (χ4v) is 3.57. The largest absolute Gasteiger partial charge is 0.478 e. The Morgan fingerprint density at radius 3 is 2.47 bits per heavy atom. The van der Waals surface area contributed by atoms with Gasteiger partial charge < -0.3 is 10.0 Å². The second-order valence-electron chi connectivity index (χ2n) is 5.20. The molecule has 2 atom stereocenters. The van der Waals surface area contributed by atoms with Crippen molar-refractivity contribution in [3.05, 3.63) is 34.5 Å². The summed E-state index contributed by atoms with van der Waals surface area (Å²) in [7, 11) is 0. The summed E-state index contributed by atoms with van der Waals surface area (Å²) in [5.74, 6) is 1.33. The van der Waals surface area contributed by atoms with Crippen LogP contribution in [0.2, 0.25) is 0 Å². The first-order chi connectivity index (χ1) is 9.15. The lowest BCUT2D eigenvalue weighted by Gasteiger charge is -2.18. The summed E-state index contributed by atoms with van der Waals surface area (Å²) in [6.07, 6.45) is 8.25. The summed E-state index contributed by atoms with van der Waals surface area (Å²) in [4.78, 5) is 17.5. The van der Waals surface area contributed by atoms with Gasteiger partial charge in [0.1, 0.15) is 5.82 Å². The summed E-state index contributed by atoms with van der Waals surface area (Å²) in [5.41, 5.74) is 0.217. The van der Waals surface area contributed by atoms with Gasteiger partial charge >= 0.3 is 5.97 Å². The number of nitrogens with zero attached hydrogens (tertiary/aromatic N) is 2. The number of aromatic carboxylic acids is 1. The number of hydrogen-bond donors (Lipinski definition) is 1. The van der Waals surface area contributed by atoms with Crippen LogP contribution in [0, 0.1) is 11.8 Å². The molecule has 19 heavy (non-hydrogen) atoms. The van der Waals surface area contributed by atoms with Crippen LogP contribution in [0.25, 0.3) is 0 Å². The van der Waals surface area contributed by atoms with E-state index in [-0.39, 0.29) is 5.56 Å². The first-order valence-corrected chi connectivity index (χ1v) is 7.23. The lowest BCUT2D eigenvalue weighted by atomic mass is 9.86. The lowest BCUT2D eigenvalue weighted by Crippen LogP contribution is -2.21. The maximum absolute atomic E-state index is 10.9. The zero-order valence-corrected chi connectivity index (χ0v) is 12.0. The highest BCUT2D eigenvalue weighted by Gasteiger charge is 2.34. The number of halogens is 1. The van der Waals surface area contributed by atoms with E-state index in [9.17, 15) is 4.79 Å². The van der Waals surface area contributed by atoms with Crippen LogP contribution >= 0.6 is 15.9 Å². The van der Waals surface area contributed by atoms with Crippen LogP contribution in [-0.4, -0.2) is 29.1 Å². The van der Waals surface area contributed by atoms with E-state index >= 15 is 0 Å². The van der Waals surface area contributed by atoms with E-state index in [1.54, 1.807) is 6.07 Å². The predicted octanol–water partition coefficient (Wildman–Crippen LogP) is 2.94. The number of carbonyl (C=O) groups is 1. The Morgan fingerprint density at radius 1 is 1.32 bits per heavy atom. The van der Waals surface area contributed by atoms with Gasteiger partial charge in [-0.05, 0) is 46.7 Å². The molecular weight excluding hydrogens is 308 g/mol. The first kappa shape index (κ1) is 12.7. The van der Waals surface area contributed by atoms with E-state index in [2.05, 4.69) is 38.0 Å². The van der Waals surface area contributed by atoms with Crippen molar-refractivity contribution in [1.82, 2.24) is 4.98 Å². The van der Waals surface area contributed by atoms with Crippen LogP contribution in [0.4, 0.5) is 5.82 Å². The van der Waals surface area contributed by atoms with E-state index in [0.717, 1.165) is 36.2 Å². The van der Waals surface area contributed by atoms with Gasteiger partial charge in [-0.1, -0.05) is 12.2 Å². The average Bonchev–Trinajstić information content (AvgIpc) is 2.81. The minimum atomic E-state index is -0.945. The molecule has 0 radical (unpaired) electrons. The van der Waals surface area contributed by atoms with Gasteiger partial charge in [0.2, 0.25) is 0 Å². The Balaban J connectivity index is 1.82. The number of pyridine rings is 1. The third-order valence-corrected chi connectivity index (χ3v) is 4.57. The Kier molecular flexibility index (Phi) is 3.31. The highest BCUT2D eigenvalue weighted by Crippen LogP contribution is 2.37. The number of aromatic nitrogens is 1. The van der Waals surface area contributed by atoms with Crippen molar-refractivity contribution in [3.8, 4) is 0 Å². The van der Waals surface area contributed by atoms with Crippen LogP contribution < -0.4 is 4.90 Å². The van der Waals surface area contributed by atoms with E-state index in [1.165, 1.54) is 6.20 Å². The molecule has 1 N–H and O–H groups in total. The second kappa shape index (κ2) is 4.96. The molecule has 1 aliphatic carbocycles. The number of anilines is 1. The highest BCUT2D eigenvalue weighted by molar-refractivity contribution is 9.10. The standard InChI is InChI=1S/C14H15BrN2O2/c15-12-5-11(14(18)19)6-16-13(12)17-7-9-3-1-2-4-10(9)8-17/h1-2,5-6,9-10H,3-4,7-8H2,(H,18,19)/t9-,10+. The van der Waals surface area contributed by atoms with E-state index in [4.69, 9.17) is 5.11 Å². The lowest BCUT2D eigenvalue weighted by molar-refractivity contribution is 0.0696. The maximum Gasteiger partial charge on any atom is 0.337 e.